The number of H-pyrrole nitrogens is 2. The molecular formula is C35H41FN6O3. The van der Waals surface area contributed by atoms with Gasteiger partial charge in [-0.25, -0.2) is 19.2 Å². The van der Waals surface area contributed by atoms with E-state index in [1.54, 1.807) is 17.2 Å². The van der Waals surface area contributed by atoms with Crippen molar-refractivity contribution in [2.75, 3.05) is 13.7 Å². The number of aromatic nitrogens is 4. The molecule has 1 aliphatic heterocycles. The third kappa shape index (κ3) is 6.50. The molecule has 10 heteroatoms. The minimum atomic E-state index is -0.687. The fourth-order valence-corrected chi connectivity index (χ4v) is 6.66. The molecule has 4 aromatic rings. The summed E-state index contributed by atoms with van der Waals surface area (Å²) in [6.45, 7) is 4.38. The van der Waals surface area contributed by atoms with Crippen LogP contribution in [0, 0.1) is 11.7 Å². The van der Waals surface area contributed by atoms with Gasteiger partial charge in [0.15, 0.2) is 0 Å². The summed E-state index contributed by atoms with van der Waals surface area (Å²) in [5, 5.41) is 2.68. The second kappa shape index (κ2) is 13.3. The third-order valence-electron chi connectivity index (χ3n) is 9.21. The molecular weight excluding hydrogens is 571 g/mol. The number of nitrogens with zero attached hydrogens (tertiary/aromatic N) is 3. The van der Waals surface area contributed by atoms with E-state index in [0.717, 1.165) is 59.6 Å². The van der Waals surface area contributed by atoms with E-state index >= 15 is 4.39 Å². The Morgan fingerprint density at radius 2 is 1.53 bits per heavy atom. The lowest BCUT2D eigenvalue weighted by Gasteiger charge is -2.30. The van der Waals surface area contributed by atoms with Gasteiger partial charge in [-0.1, -0.05) is 69.5 Å². The second-order valence-corrected chi connectivity index (χ2v) is 12.5. The summed E-state index contributed by atoms with van der Waals surface area (Å²) in [5.74, 6) is 1.64. The molecule has 1 saturated carbocycles. The highest BCUT2D eigenvalue weighted by atomic mass is 19.1. The Morgan fingerprint density at radius 3 is 2.22 bits per heavy atom. The number of amides is 2. The zero-order valence-electron chi connectivity index (χ0n) is 26.1. The van der Waals surface area contributed by atoms with Gasteiger partial charge >= 0.3 is 6.09 Å². The number of halogens is 1. The minimum Gasteiger partial charge on any atom is -0.453 e. The molecule has 2 aromatic heterocycles. The molecule has 1 aliphatic carbocycles. The number of likely N-dealkylation sites (tertiary alicyclic amines) is 1. The van der Waals surface area contributed by atoms with Crippen LogP contribution in [0.3, 0.4) is 0 Å². The summed E-state index contributed by atoms with van der Waals surface area (Å²) in [4.78, 5) is 43.2. The van der Waals surface area contributed by atoms with E-state index in [1.807, 2.05) is 56.4 Å². The molecule has 6 rings (SSSR count). The first-order chi connectivity index (χ1) is 21.8. The fraction of sp³-hybridized carbons (Fsp3) is 0.429. The van der Waals surface area contributed by atoms with E-state index in [9.17, 15) is 9.59 Å². The Labute approximate surface area is 263 Å². The first-order valence-electron chi connectivity index (χ1n) is 16.0. The van der Waals surface area contributed by atoms with Gasteiger partial charge in [0.05, 0.1) is 36.9 Å². The van der Waals surface area contributed by atoms with Crippen molar-refractivity contribution in [2.45, 2.75) is 76.8 Å². The lowest BCUT2D eigenvalue weighted by atomic mass is 9.89. The van der Waals surface area contributed by atoms with Crippen molar-refractivity contribution < 1.29 is 18.7 Å². The number of methoxy groups -OCH3 is 1. The van der Waals surface area contributed by atoms with E-state index in [1.165, 1.54) is 26.4 Å². The zero-order chi connectivity index (χ0) is 31.5. The quantitative estimate of drug-likeness (QED) is 0.192. The maximum Gasteiger partial charge on any atom is 0.407 e. The Hall–Kier alpha value is -4.47. The van der Waals surface area contributed by atoms with Gasteiger partial charge in [0.2, 0.25) is 5.91 Å². The van der Waals surface area contributed by atoms with Crippen LogP contribution in [0.15, 0.2) is 54.9 Å². The van der Waals surface area contributed by atoms with Crippen LogP contribution in [0.1, 0.15) is 82.4 Å². The maximum absolute atomic E-state index is 15.4. The molecule has 0 bridgehead atoms. The second-order valence-electron chi connectivity index (χ2n) is 12.5. The molecule has 2 aromatic carbocycles. The van der Waals surface area contributed by atoms with Crippen molar-refractivity contribution in [3.05, 3.63) is 72.3 Å². The van der Waals surface area contributed by atoms with E-state index in [4.69, 9.17) is 4.74 Å². The van der Waals surface area contributed by atoms with Gasteiger partial charge in [-0.15, -0.1) is 0 Å². The highest BCUT2D eigenvalue weighted by Crippen LogP contribution is 2.35. The first-order valence-corrected chi connectivity index (χ1v) is 16.0. The summed E-state index contributed by atoms with van der Waals surface area (Å²) in [6, 6.07) is 12.1. The van der Waals surface area contributed by atoms with Gasteiger partial charge in [-0.05, 0) is 48.8 Å². The molecule has 2 fully saturated rings. The molecule has 1 saturated heterocycles. The molecule has 9 nitrogen and oxygen atoms in total. The smallest absolute Gasteiger partial charge is 0.407 e. The van der Waals surface area contributed by atoms with Crippen LogP contribution in [0.2, 0.25) is 0 Å². The Bertz CT molecular complexity index is 1640. The number of hydrogen-bond acceptors (Lipinski definition) is 5. The number of aromatic amines is 2. The van der Waals surface area contributed by atoms with Crippen LogP contribution in [0.5, 0.6) is 0 Å². The molecule has 2 amide bonds. The summed E-state index contributed by atoms with van der Waals surface area (Å²) in [7, 11) is 1.29. The summed E-state index contributed by atoms with van der Waals surface area (Å²) < 4.78 is 20.1. The zero-order valence-corrected chi connectivity index (χ0v) is 26.1. The summed E-state index contributed by atoms with van der Waals surface area (Å²) in [5.41, 5.74) is 4.66. The lowest BCUT2D eigenvalue weighted by molar-refractivity contribution is -0.135. The first kappa shape index (κ1) is 30.6. The Morgan fingerprint density at radius 1 is 0.889 bits per heavy atom. The van der Waals surface area contributed by atoms with E-state index < -0.39 is 12.1 Å². The van der Waals surface area contributed by atoms with Gasteiger partial charge in [0, 0.05) is 23.6 Å². The molecule has 236 valence electrons. The van der Waals surface area contributed by atoms with Gasteiger partial charge < -0.3 is 24.9 Å². The van der Waals surface area contributed by atoms with Crippen LogP contribution in [-0.4, -0.2) is 56.5 Å². The Kier molecular flexibility index (Phi) is 9.00. The van der Waals surface area contributed by atoms with Crippen molar-refractivity contribution in [1.29, 1.82) is 0 Å². The van der Waals surface area contributed by atoms with E-state index in [2.05, 4.69) is 25.3 Å². The van der Waals surface area contributed by atoms with Gasteiger partial charge in [0.25, 0.3) is 0 Å². The number of imidazole rings is 2. The lowest BCUT2D eigenvalue weighted by Crippen LogP contribution is -2.51. The van der Waals surface area contributed by atoms with Crippen LogP contribution in [-0.2, 0) is 9.53 Å². The number of rotatable bonds is 8. The highest BCUT2D eigenvalue weighted by molar-refractivity contribution is 5.86. The van der Waals surface area contributed by atoms with Crippen molar-refractivity contribution in [3.8, 4) is 33.6 Å². The van der Waals surface area contributed by atoms with Gasteiger partial charge in [-0.3, -0.25) is 4.79 Å². The number of nitrogens with one attached hydrogen (secondary N) is 3. The molecule has 0 spiro atoms. The third-order valence-corrected chi connectivity index (χ3v) is 9.21. The van der Waals surface area contributed by atoms with Crippen molar-refractivity contribution in [3.63, 3.8) is 0 Å². The van der Waals surface area contributed by atoms with Crippen molar-refractivity contribution in [2.24, 2.45) is 5.92 Å². The minimum absolute atomic E-state index is 0.103. The number of carbonyl (C=O) groups excluding carboxylic acids is 2. The molecule has 45 heavy (non-hydrogen) atoms. The van der Waals surface area contributed by atoms with Crippen LogP contribution < -0.4 is 5.32 Å². The monoisotopic (exact) mass is 612 g/mol. The number of carbonyl (C=O) groups is 2. The predicted molar refractivity (Wildman–Crippen MR) is 171 cm³/mol. The topological polar surface area (TPSA) is 116 Å². The van der Waals surface area contributed by atoms with Crippen LogP contribution >= 0.6 is 0 Å². The van der Waals surface area contributed by atoms with Gasteiger partial charge in [0.1, 0.15) is 23.5 Å². The fourth-order valence-electron chi connectivity index (χ4n) is 6.66. The number of ether oxygens (including phenoxy) is 1. The molecule has 0 radical (unpaired) electrons. The molecule has 2 aliphatic rings. The van der Waals surface area contributed by atoms with Crippen molar-refractivity contribution >= 4 is 12.0 Å². The number of benzene rings is 2. The molecule has 3 heterocycles. The Balaban J connectivity index is 1.15. The van der Waals surface area contributed by atoms with Crippen LogP contribution in [0.25, 0.3) is 33.6 Å². The van der Waals surface area contributed by atoms with E-state index in [-0.39, 0.29) is 23.7 Å². The average Bonchev–Trinajstić information content (AvgIpc) is 3.85. The summed E-state index contributed by atoms with van der Waals surface area (Å²) >= 11 is 0. The number of hydrogen-bond donors (Lipinski definition) is 3. The van der Waals surface area contributed by atoms with E-state index in [0.29, 0.717) is 23.9 Å². The molecule has 3 N–H and O–H groups in total. The molecule has 2 atom stereocenters. The number of alkyl carbamates (subject to hydrolysis) is 1. The average molecular weight is 613 g/mol. The standard InChI is InChI=1S/C35H41FN6O3/c1-21(2)31(41-35(44)45-3)34(43)42-17-7-10-30(42)33-38-19-28(40-33)23-13-11-22(12-14-23)26-16-15-25(18-27(26)36)29-20-37-32(39-29)24-8-5-4-6-9-24/h11-16,18-21,24,30-31H,4-10,17H2,1-3H3,(H,37,39)(H,38,40)(H,41,44). The SMILES string of the molecule is COC(=O)NC(C(=O)N1CCCC1c1ncc(-c2ccc(-c3ccc(-c4cnc(C5CCCCC5)[nH]4)cc3F)cc2)[nH]1)C(C)C. The normalized spacial score (nSPS) is 17.9. The summed E-state index contributed by atoms with van der Waals surface area (Å²) in [6.07, 6.45) is 10.6. The van der Waals surface area contributed by atoms with Crippen LogP contribution in [0.4, 0.5) is 9.18 Å². The van der Waals surface area contributed by atoms with Gasteiger partial charge in [-0.2, -0.15) is 0 Å². The maximum atomic E-state index is 15.4. The largest absolute Gasteiger partial charge is 0.453 e. The molecule has 2 unspecified atom stereocenters. The highest BCUT2D eigenvalue weighted by Gasteiger charge is 2.37. The predicted octanol–water partition coefficient (Wildman–Crippen LogP) is 7.36. The van der Waals surface area contributed by atoms with Crippen molar-refractivity contribution in [1.82, 2.24) is 30.2 Å².